The van der Waals surface area contributed by atoms with Gasteiger partial charge in [-0.05, 0) is 32.6 Å². The van der Waals surface area contributed by atoms with E-state index in [-0.39, 0.29) is 24.0 Å². The second kappa shape index (κ2) is 11.7. The quantitative estimate of drug-likeness (QED) is 0.261. The van der Waals surface area contributed by atoms with E-state index in [1.807, 2.05) is 0 Å². The summed E-state index contributed by atoms with van der Waals surface area (Å²) in [7, 11) is 0. The number of aromatic nitrogens is 3. The van der Waals surface area contributed by atoms with Gasteiger partial charge >= 0.3 is 0 Å². The Labute approximate surface area is 173 Å². The molecule has 26 heavy (non-hydrogen) atoms. The van der Waals surface area contributed by atoms with Crippen LogP contribution < -0.4 is 10.6 Å². The van der Waals surface area contributed by atoms with Crippen LogP contribution in [-0.4, -0.2) is 46.5 Å². The topological polar surface area (TPSA) is 76.4 Å². The Hall–Kier alpha value is -0.900. The van der Waals surface area contributed by atoms with Crippen molar-refractivity contribution in [2.24, 2.45) is 4.99 Å². The highest BCUT2D eigenvalue weighted by molar-refractivity contribution is 14.0. The molecule has 2 aliphatic rings. The first-order valence-corrected chi connectivity index (χ1v) is 9.91. The minimum absolute atomic E-state index is 0. The van der Waals surface area contributed by atoms with Gasteiger partial charge < -0.3 is 19.9 Å². The van der Waals surface area contributed by atoms with E-state index in [0.29, 0.717) is 12.6 Å². The molecule has 8 heteroatoms. The van der Waals surface area contributed by atoms with Crippen molar-refractivity contribution < 1.29 is 4.74 Å². The predicted molar refractivity (Wildman–Crippen MR) is 114 cm³/mol. The number of nitrogens with zero attached hydrogens (tertiary/aromatic N) is 4. The van der Waals surface area contributed by atoms with Gasteiger partial charge in [0.1, 0.15) is 12.4 Å². The summed E-state index contributed by atoms with van der Waals surface area (Å²) in [6.45, 7) is 6.22. The maximum atomic E-state index is 5.97. The maximum Gasteiger partial charge on any atom is 0.191 e. The van der Waals surface area contributed by atoms with Crippen molar-refractivity contribution in [3.05, 3.63) is 11.6 Å². The molecule has 3 rings (SSSR count). The first-order chi connectivity index (χ1) is 12.4. The lowest BCUT2D eigenvalue weighted by Gasteiger charge is -2.22. The fourth-order valence-electron chi connectivity index (χ4n) is 3.58. The first kappa shape index (κ1) is 21.4. The molecule has 148 valence electrons. The third kappa shape index (κ3) is 6.37. The first-order valence-electron chi connectivity index (χ1n) is 9.91. The van der Waals surface area contributed by atoms with E-state index in [4.69, 9.17) is 4.74 Å². The molecule has 0 saturated heterocycles. The van der Waals surface area contributed by atoms with E-state index < -0.39 is 0 Å². The molecule has 1 saturated carbocycles. The number of ether oxygens (including phenoxy) is 1. The van der Waals surface area contributed by atoms with Crippen LogP contribution in [-0.2, 0) is 24.2 Å². The minimum atomic E-state index is 0. The van der Waals surface area contributed by atoms with Gasteiger partial charge in [-0.1, -0.05) is 19.3 Å². The third-order valence-electron chi connectivity index (χ3n) is 4.93. The largest absolute Gasteiger partial charge is 0.378 e. The number of hydrogen-bond acceptors (Lipinski definition) is 4. The number of fused-ring (bicyclic) bond motifs is 1. The molecule has 2 N–H and O–H groups in total. The smallest absolute Gasteiger partial charge is 0.191 e. The normalized spacial score (nSPS) is 17.7. The van der Waals surface area contributed by atoms with Crippen LogP contribution in [0.15, 0.2) is 4.99 Å². The number of guanidine groups is 1. The zero-order valence-electron chi connectivity index (χ0n) is 15.9. The molecule has 0 aromatic carbocycles. The number of aliphatic imine (C=N–C) groups is 1. The summed E-state index contributed by atoms with van der Waals surface area (Å²) in [6, 6.07) is 0. The van der Waals surface area contributed by atoms with Crippen LogP contribution >= 0.6 is 24.0 Å². The van der Waals surface area contributed by atoms with Crippen molar-refractivity contribution in [1.29, 1.82) is 0 Å². The molecule has 1 aliphatic heterocycles. The molecular formula is C18H33IN6O. The molecule has 0 spiro atoms. The Morgan fingerprint density at radius 2 is 2.04 bits per heavy atom. The summed E-state index contributed by atoms with van der Waals surface area (Å²) in [5.74, 6) is 2.91. The fourth-order valence-corrected chi connectivity index (χ4v) is 3.58. The number of hydrogen-bond donors (Lipinski definition) is 2. The molecule has 0 amide bonds. The van der Waals surface area contributed by atoms with Crippen LogP contribution in [0.2, 0.25) is 0 Å². The lowest BCUT2D eigenvalue weighted by molar-refractivity contribution is 0.0277. The minimum Gasteiger partial charge on any atom is -0.378 e. The summed E-state index contributed by atoms with van der Waals surface area (Å²) < 4.78 is 8.17. The zero-order valence-corrected chi connectivity index (χ0v) is 18.2. The summed E-state index contributed by atoms with van der Waals surface area (Å²) in [6.07, 6.45) is 10.2. The number of nitrogens with one attached hydrogen (secondary N) is 2. The van der Waals surface area contributed by atoms with Crippen molar-refractivity contribution in [3.63, 3.8) is 0 Å². The van der Waals surface area contributed by atoms with Crippen LogP contribution in [0.25, 0.3) is 0 Å². The molecule has 1 fully saturated rings. The van der Waals surface area contributed by atoms with Crippen LogP contribution in [0.1, 0.15) is 63.5 Å². The number of rotatable bonds is 8. The second-order valence-electron chi connectivity index (χ2n) is 6.89. The van der Waals surface area contributed by atoms with E-state index in [1.54, 1.807) is 0 Å². The number of halogens is 1. The van der Waals surface area contributed by atoms with E-state index >= 15 is 0 Å². The molecule has 0 radical (unpaired) electrons. The van der Waals surface area contributed by atoms with Gasteiger partial charge in [0, 0.05) is 32.7 Å². The van der Waals surface area contributed by atoms with Crippen LogP contribution in [0, 0.1) is 0 Å². The molecule has 1 aliphatic carbocycles. The molecule has 0 unspecified atom stereocenters. The SMILES string of the molecule is CCNC(=NCc1nnc2n1CCC2)NCCCOC1CCCCC1.I. The van der Waals surface area contributed by atoms with Gasteiger partial charge in [-0.15, -0.1) is 34.2 Å². The van der Waals surface area contributed by atoms with Crippen molar-refractivity contribution >= 4 is 29.9 Å². The van der Waals surface area contributed by atoms with Crippen LogP contribution in [0.4, 0.5) is 0 Å². The highest BCUT2D eigenvalue weighted by Gasteiger charge is 2.17. The summed E-state index contributed by atoms with van der Waals surface area (Å²) in [5.41, 5.74) is 0. The summed E-state index contributed by atoms with van der Waals surface area (Å²) in [5, 5.41) is 15.2. The lowest BCUT2D eigenvalue weighted by Crippen LogP contribution is -2.38. The van der Waals surface area contributed by atoms with Gasteiger partial charge in [-0.2, -0.15) is 0 Å². The number of aryl methyl sites for hydroxylation is 1. The van der Waals surface area contributed by atoms with E-state index in [0.717, 1.165) is 56.7 Å². The van der Waals surface area contributed by atoms with Crippen molar-refractivity contribution in [2.75, 3.05) is 19.7 Å². The molecule has 0 bridgehead atoms. The van der Waals surface area contributed by atoms with Crippen molar-refractivity contribution in [2.45, 2.75) is 77.5 Å². The predicted octanol–water partition coefficient (Wildman–Crippen LogP) is 2.64. The second-order valence-corrected chi connectivity index (χ2v) is 6.89. The molecule has 1 aromatic heterocycles. The van der Waals surface area contributed by atoms with E-state index in [9.17, 15) is 0 Å². The van der Waals surface area contributed by atoms with Crippen LogP contribution in [0.5, 0.6) is 0 Å². The van der Waals surface area contributed by atoms with Gasteiger partial charge in [-0.3, -0.25) is 0 Å². The van der Waals surface area contributed by atoms with Crippen LogP contribution in [0.3, 0.4) is 0 Å². The van der Waals surface area contributed by atoms with Crippen molar-refractivity contribution in [3.8, 4) is 0 Å². The Morgan fingerprint density at radius 3 is 2.85 bits per heavy atom. The van der Waals surface area contributed by atoms with Gasteiger partial charge in [0.05, 0.1) is 6.10 Å². The molecular weight excluding hydrogens is 443 g/mol. The Balaban J connectivity index is 0.00000243. The van der Waals surface area contributed by atoms with Gasteiger partial charge in [0.25, 0.3) is 0 Å². The van der Waals surface area contributed by atoms with Gasteiger partial charge in [0.2, 0.25) is 0 Å². The molecule has 0 atom stereocenters. The van der Waals surface area contributed by atoms with E-state index in [1.165, 1.54) is 38.5 Å². The Morgan fingerprint density at radius 1 is 1.19 bits per heavy atom. The Kier molecular flexibility index (Phi) is 9.66. The average molecular weight is 476 g/mol. The molecule has 1 aromatic rings. The lowest BCUT2D eigenvalue weighted by atomic mass is 9.98. The highest BCUT2D eigenvalue weighted by Crippen LogP contribution is 2.20. The molecule has 7 nitrogen and oxygen atoms in total. The van der Waals surface area contributed by atoms with E-state index in [2.05, 4.69) is 37.3 Å². The fraction of sp³-hybridized carbons (Fsp3) is 0.833. The molecule has 2 heterocycles. The summed E-state index contributed by atoms with van der Waals surface area (Å²) in [4.78, 5) is 4.65. The standard InChI is InChI=1S/C18H32N6O.HI/c1-2-19-18(20-11-7-13-25-15-8-4-3-5-9-15)21-14-17-23-22-16-10-6-12-24(16)17;/h15H,2-14H2,1H3,(H2,19,20,21);1H. The van der Waals surface area contributed by atoms with Gasteiger partial charge in [-0.25, -0.2) is 4.99 Å². The monoisotopic (exact) mass is 476 g/mol. The highest BCUT2D eigenvalue weighted by atomic mass is 127. The van der Waals surface area contributed by atoms with Crippen molar-refractivity contribution in [1.82, 2.24) is 25.4 Å². The van der Waals surface area contributed by atoms with Gasteiger partial charge in [0.15, 0.2) is 11.8 Å². The summed E-state index contributed by atoms with van der Waals surface area (Å²) >= 11 is 0. The zero-order chi connectivity index (χ0) is 17.3. The average Bonchev–Trinajstić information content (AvgIpc) is 3.24. The maximum absolute atomic E-state index is 5.97. The third-order valence-corrected chi connectivity index (χ3v) is 4.93. The Bertz CT molecular complexity index is 556.